The Labute approximate surface area is 41.1 Å². The summed E-state index contributed by atoms with van der Waals surface area (Å²) in [4.78, 5) is 17.1. The van der Waals surface area contributed by atoms with Gasteiger partial charge in [0.1, 0.15) is 7.72 Å². The first-order chi connectivity index (χ1) is 2.71. The van der Waals surface area contributed by atoms with Crippen LogP contribution in [0.4, 0.5) is 0 Å². The van der Waals surface area contributed by atoms with Gasteiger partial charge in [-0.05, 0) is 0 Å². The third-order valence-corrected chi connectivity index (χ3v) is 5.36. The minimum absolute atomic E-state index is 0.590. The summed E-state index contributed by atoms with van der Waals surface area (Å²) in [5.41, 5.74) is 1.18. The molecule has 37 valence electrons. The minimum atomic E-state index is -2.25. The van der Waals surface area contributed by atoms with Crippen molar-refractivity contribution in [2.24, 2.45) is 0 Å². The molecule has 6 heavy (non-hydrogen) atoms. The third kappa shape index (κ3) is 0.850. The van der Waals surface area contributed by atoms with Crippen LogP contribution in [0.15, 0.2) is 0 Å². The monoisotopic (exact) mass is 125 g/mol. The van der Waals surface area contributed by atoms with E-state index >= 15 is 0 Å². The highest BCUT2D eigenvalue weighted by atomic mass is 32.2. The van der Waals surface area contributed by atoms with Gasteiger partial charge in [0.2, 0.25) is 0 Å². The normalized spacial score (nSPS) is 29.0. The lowest BCUT2D eigenvalue weighted by atomic mass is 11.8. The van der Waals surface area contributed by atoms with Crippen LogP contribution >= 0.6 is 19.5 Å². The molecule has 0 saturated carbocycles. The Balaban J connectivity index is 2.31. The lowest BCUT2D eigenvalue weighted by Crippen LogP contribution is -2.06. The van der Waals surface area contributed by atoms with E-state index in [0.717, 1.165) is 0 Å². The minimum Gasteiger partial charge on any atom is -0.355 e. The van der Waals surface area contributed by atoms with Gasteiger partial charge in [-0.25, -0.2) is 0 Å². The predicted octanol–water partition coefficient (Wildman–Crippen LogP) is 0.480. The third-order valence-electron chi connectivity index (χ3n) is 0.596. The second kappa shape index (κ2) is 1.34. The van der Waals surface area contributed by atoms with Gasteiger partial charge < -0.3 is 9.79 Å². The molecule has 0 bridgehead atoms. The second-order valence-electron chi connectivity index (χ2n) is 1.34. The highest BCUT2D eigenvalue weighted by Crippen LogP contribution is 2.64. The van der Waals surface area contributed by atoms with Crippen molar-refractivity contribution in [1.82, 2.24) is 0 Å². The summed E-state index contributed by atoms with van der Waals surface area (Å²) in [5.74, 6) is 0. The molecule has 4 heteroatoms. The van der Waals surface area contributed by atoms with Gasteiger partial charge in [-0.3, -0.25) is 0 Å². The Bertz CT molecular complexity index is 58.6. The van der Waals surface area contributed by atoms with E-state index in [0.29, 0.717) is 11.0 Å². The number of rotatable bonds is 0. The Hall–Kier alpha value is 0.700. The van der Waals surface area contributed by atoms with Gasteiger partial charge in [0, 0.05) is 0 Å². The molecule has 1 aliphatic rings. The van der Waals surface area contributed by atoms with Gasteiger partial charge in [0.05, 0.1) is 11.0 Å². The van der Waals surface area contributed by atoms with Crippen molar-refractivity contribution in [2.45, 2.75) is 0 Å². The Morgan fingerprint density at radius 1 is 1.33 bits per heavy atom. The molecule has 0 amide bonds. The van der Waals surface area contributed by atoms with E-state index in [2.05, 4.69) is 0 Å². The van der Waals surface area contributed by atoms with E-state index in [-0.39, 0.29) is 0 Å². The van der Waals surface area contributed by atoms with Crippen molar-refractivity contribution < 1.29 is 9.79 Å². The summed E-state index contributed by atoms with van der Waals surface area (Å²) in [5, 5.41) is 0. The number of thioether (sulfide) groups is 1. The number of hydrogen-bond donors (Lipinski definition) is 2. The molecule has 0 spiro atoms. The molecule has 1 aliphatic heterocycles. The summed E-state index contributed by atoms with van der Waals surface area (Å²) >= 11 is 1.59. The largest absolute Gasteiger partial charge is 0.355 e. The molecule has 0 aromatic rings. The average molecular weight is 125 g/mol. The zero-order valence-electron chi connectivity index (χ0n) is 3.16. The van der Waals surface area contributed by atoms with E-state index in [1.807, 2.05) is 0 Å². The van der Waals surface area contributed by atoms with Crippen molar-refractivity contribution in [1.29, 1.82) is 0 Å². The van der Waals surface area contributed by atoms with Crippen LogP contribution in [0.25, 0.3) is 0 Å². The first-order valence-corrected chi connectivity index (χ1v) is 4.83. The summed E-state index contributed by atoms with van der Waals surface area (Å²) < 4.78 is 0. The summed E-state index contributed by atoms with van der Waals surface area (Å²) in [7, 11) is -2.25. The van der Waals surface area contributed by atoms with Crippen molar-refractivity contribution in [3.05, 3.63) is 0 Å². The molecule has 1 radical (unpaired) electrons. The molecule has 0 unspecified atom stereocenters. The van der Waals surface area contributed by atoms with E-state index in [9.17, 15) is 0 Å². The standard InChI is InChI=1S/C2H6O2PS/c3-5(4)1-6-2-5/h3-4H,1-2H2. The van der Waals surface area contributed by atoms with Crippen LogP contribution in [0.2, 0.25) is 0 Å². The molecule has 2 nitrogen and oxygen atoms in total. The maximum absolute atomic E-state index is 8.56. The van der Waals surface area contributed by atoms with Crippen LogP contribution in [0, 0.1) is 0 Å². The van der Waals surface area contributed by atoms with Crippen LogP contribution in [-0.2, 0) is 0 Å². The maximum atomic E-state index is 8.56. The van der Waals surface area contributed by atoms with Crippen LogP contribution in [0.5, 0.6) is 0 Å². The van der Waals surface area contributed by atoms with Crippen molar-refractivity contribution in [3.8, 4) is 0 Å². The highest BCUT2D eigenvalue weighted by molar-refractivity contribution is 8.18. The lowest BCUT2D eigenvalue weighted by molar-refractivity contribution is 0.460. The molecular formula is C2H6O2PS. The van der Waals surface area contributed by atoms with E-state index < -0.39 is 7.72 Å². The second-order valence-corrected chi connectivity index (χ2v) is 5.57. The molecular weight excluding hydrogens is 119 g/mol. The zero-order valence-corrected chi connectivity index (χ0v) is 4.88. The highest BCUT2D eigenvalue weighted by Gasteiger charge is 2.29. The summed E-state index contributed by atoms with van der Waals surface area (Å²) in [6, 6.07) is 0. The lowest BCUT2D eigenvalue weighted by Gasteiger charge is -2.30. The molecule has 0 aromatic heterocycles. The van der Waals surface area contributed by atoms with E-state index in [1.165, 1.54) is 0 Å². The fraction of sp³-hybridized carbons (Fsp3) is 1.00. The van der Waals surface area contributed by atoms with Gasteiger partial charge in [0.25, 0.3) is 0 Å². The topological polar surface area (TPSA) is 40.5 Å². The molecule has 0 aromatic carbocycles. The number of hydrogen-bond acceptors (Lipinski definition) is 3. The summed E-state index contributed by atoms with van der Waals surface area (Å²) in [6.45, 7) is 0. The van der Waals surface area contributed by atoms with Crippen LogP contribution in [0.1, 0.15) is 0 Å². The molecule has 1 fully saturated rings. The average Bonchev–Trinajstić information content (AvgIpc) is 1.32. The first-order valence-electron chi connectivity index (χ1n) is 1.61. The molecule has 1 rings (SSSR count). The van der Waals surface area contributed by atoms with E-state index in [4.69, 9.17) is 9.79 Å². The van der Waals surface area contributed by atoms with Crippen molar-refractivity contribution in [2.75, 3.05) is 11.0 Å². The molecule has 2 N–H and O–H groups in total. The molecule has 0 aliphatic carbocycles. The van der Waals surface area contributed by atoms with Gasteiger partial charge in [0.15, 0.2) is 0 Å². The van der Waals surface area contributed by atoms with Gasteiger partial charge in [-0.15, -0.1) is 11.8 Å². The summed E-state index contributed by atoms with van der Waals surface area (Å²) in [6.07, 6.45) is 0. The van der Waals surface area contributed by atoms with Crippen LogP contribution < -0.4 is 0 Å². The molecule has 0 atom stereocenters. The maximum Gasteiger partial charge on any atom is 0.115 e. The van der Waals surface area contributed by atoms with Crippen LogP contribution in [-0.4, -0.2) is 20.8 Å². The molecule has 1 heterocycles. The fourth-order valence-electron chi connectivity index (χ4n) is 0.255. The first kappa shape index (κ1) is 4.85. The Kier molecular flexibility index (Phi) is 1.08. The smallest absolute Gasteiger partial charge is 0.115 e. The van der Waals surface area contributed by atoms with E-state index in [1.54, 1.807) is 11.8 Å². The Morgan fingerprint density at radius 2 is 1.67 bits per heavy atom. The Morgan fingerprint density at radius 3 is 1.67 bits per heavy atom. The fourth-order valence-corrected chi connectivity index (χ4v) is 2.29. The predicted molar refractivity (Wildman–Crippen MR) is 28.7 cm³/mol. The van der Waals surface area contributed by atoms with Crippen molar-refractivity contribution >= 4 is 19.5 Å². The zero-order chi connectivity index (χ0) is 4.62. The van der Waals surface area contributed by atoms with Crippen molar-refractivity contribution in [3.63, 3.8) is 0 Å². The quantitative estimate of drug-likeness (QED) is 0.462. The SMILES string of the molecule is O[P]1(O)CSC1. The molecule has 1 saturated heterocycles. The van der Waals surface area contributed by atoms with Gasteiger partial charge >= 0.3 is 0 Å². The van der Waals surface area contributed by atoms with Gasteiger partial charge in [-0.1, -0.05) is 0 Å². The van der Waals surface area contributed by atoms with Gasteiger partial charge in [-0.2, -0.15) is 0 Å². The van der Waals surface area contributed by atoms with Crippen LogP contribution in [0.3, 0.4) is 0 Å².